The monoisotopic (exact) mass is 412 g/mol. The Labute approximate surface area is 139 Å². The number of carbonyl (C=O) groups is 2. The minimum absolute atomic E-state index is 0.0700. The molecule has 1 aromatic heterocycles. The molecule has 110 valence electrons. The molecule has 1 aromatic rings. The molecule has 4 rings (SSSR count). The Morgan fingerprint density at radius 2 is 1.71 bits per heavy atom. The van der Waals surface area contributed by atoms with Crippen LogP contribution in [-0.4, -0.2) is 26.5 Å². The number of aromatic nitrogens is 1. The van der Waals surface area contributed by atoms with E-state index in [1.807, 2.05) is 13.0 Å². The summed E-state index contributed by atoms with van der Waals surface area (Å²) in [5, 5.41) is 0. The molecule has 2 aliphatic carbocycles. The first-order valence-corrected chi connectivity index (χ1v) is 8.92. The van der Waals surface area contributed by atoms with Gasteiger partial charge in [0.1, 0.15) is 5.82 Å². The highest BCUT2D eigenvalue weighted by atomic mass is 79.9. The van der Waals surface area contributed by atoms with E-state index in [9.17, 15) is 9.59 Å². The van der Waals surface area contributed by atoms with E-state index < -0.39 is 0 Å². The van der Waals surface area contributed by atoms with Crippen molar-refractivity contribution in [2.45, 2.75) is 23.0 Å². The fourth-order valence-electron chi connectivity index (χ4n) is 4.22. The number of alkyl halides is 2. The average molecular weight is 414 g/mol. The second-order valence-corrected chi connectivity index (χ2v) is 8.32. The predicted molar refractivity (Wildman–Crippen MR) is 85.5 cm³/mol. The van der Waals surface area contributed by atoms with Crippen molar-refractivity contribution in [3.8, 4) is 0 Å². The largest absolute Gasteiger partial charge is 0.274 e. The number of hydrogen-bond donors (Lipinski definition) is 0. The van der Waals surface area contributed by atoms with Crippen molar-refractivity contribution in [2.24, 2.45) is 23.7 Å². The van der Waals surface area contributed by atoms with Gasteiger partial charge in [0.2, 0.25) is 11.8 Å². The molecule has 2 bridgehead atoms. The molecule has 3 fully saturated rings. The third-order valence-corrected chi connectivity index (χ3v) is 8.32. The maximum atomic E-state index is 12.8. The van der Waals surface area contributed by atoms with E-state index in [1.54, 1.807) is 12.3 Å². The van der Waals surface area contributed by atoms with Crippen molar-refractivity contribution >= 4 is 49.5 Å². The van der Waals surface area contributed by atoms with Gasteiger partial charge in [-0.1, -0.05) is 31.9 Å². The minimum Gasteiger partial charge on any atom is -0.274 e. The van der Waals surface area contributed by atoms with E-state index >= 15 is 0 Å². The molecule has 4 nitrogen and oxygen atoms in total. The van der Waals surface area contributed by atoms with Crippen LogP contribution in [0.1, 0.15) is 12.0 Å². The number of pyridine rings is 1. The van der Waals surface area contributed by atoms with Crippen LogP contribution in [0, 0.1) is 30.6 Å². The van der Waals surface area contributed by atoms with Crippen molar-refractivity contribution < 1.29 is 9.59 Å². The van der Waals surface area contributed by atoms with Crippen LogP contribution in [0.25, 0.3) is 0 Å². The summed E-state index contributed by atoms with van der Waals surface area (Å²) in [4.78, 5) is 31.6. The summed E-state index contributed by atoms with van der Waals surface area (Å²) in [7, 11) is 0. The molecule has 21 heavy (non-hydrogen) atoms. The fourth-order valence-corrected chi connectivity index (χ4v) is 6.09. The van der Waals surface area contributed by atoms with Gasteiger partial charge in [0.15, 0.2) is 0 Å². The first-order chi connectivity index (χ1) is 10.0. The number of carbonyl (C=O) groups excluding carboxylic acids is 2. The molecule has 0 unspecified atom stereocenters. The normalized spacial score (nSPS) is 41.0. The van der Waals surface area contributed by atoms with Crippen molar-refractivity contribution in [3.05, 3.63) is 23.9 Å². The zero-order valence-corrected chi connectivity index (χ0v) is 14.5. The van der Waals surface area contributed by atoms with E-state index in [2.05, 4.69) is 36.8 Å². The molecule has 1 aliphatic heterocycles. The molecular weight excluding hydrogens is 400 g/mol. The highest BCUT2D eigenvalue weighted by molar-refractivity contribution is 9.12. The molecule has 6 atom stereocenters. The summed E-state index contributed by atoms with van der Waals surface area (Å²) < 4.78 is 0. The van der Waals surface area contributed by atoms with Gasteiger partial charge in [-0.25, -0.2) is 9.88 Å². The lowest BCUT2D eigenvalue weighted by Crippen LogP contribution is -2.37. The molecule has 2 heterocycles. The van der Waals surface area contributed by atoms with Crippen LogP contribution < -0.4 is 4.90 Å². The topological polar surface area (TPSA) is 50.3 Å². The Morgan fingerprint density at radius 3 is 2.24 bits per heavy atom. The lowest BCUT2D eigenvalue weighted by molar-refractivity contribution is -0.123. The second kappa shape index (κ2) is 4.62. The second-order valence-electron chi connectivity index (χ2n) is 6.21. The van der Waals surface area contributed by atoms with Gasteiger partial charge in [-0.2, -0.15) is 0 Å². The average Bonchev–Trinajstić information content (AvgIpc) is 3.04. The van der Waals surface area contributed by atoms with Crippen LogP contribution in [0.2, 0.25) is 0 Å². The standard InChI is InChI=1S/C15H14Br2N2O2/c1-6-2-3-18-9(4-6)19-14(20)10-7-5-8(11(10)15(19)21)13(17)12(7)16/h2-4,7-8,10-13H,5H2,1H3/t7-,8+,10+,11-,12+,13-. The molecule has 0 spiro atoms. The van der Waals surface area contributed by atoms with Crippen LogP contribution in [0.3, 0.4) is 0 Å². The van der Waals surface area contributed by atoms with Crippen molar-refractivity contribution in [2.75, 3.05) is 4.90 Å². The molecule has 2 saturated carbocycles. The SMILES string of the molecule is Cc1ccnc(N2C(=O)[C@@H]3[C@@H]4C[C@@H]([C@H](Br)[C@@H]4Br)[C@@H]3C2=O)c1. The Morgan fingerprint density at radius 1 is 1.14 bits per heavy atom. The highest BCUT2D eigenvalue weighted by Crippen LogP contribution is 2.60. The zero-order chi connectivity index (χ0) is 14.9. The lowest BCUT2D eigenvalue weighted by Gasteiger charge is -2.28. The number of amides is 2. The van der Waals surface area contributed by atoms with Gasteiger partial charge in [-0.3, -0.25) is 9.59 Å². The maximum Gasteiger partial charge on any atom is 0.239 e. The highest BCUT2D eigenvalue weighted by Gasteiger charge is 2.66. The summed E-state index contributed by atoms with van der Waals surface area (Å²) in [6.45, 7) is 1.93. The summed E-state index contributed by atoms with van der Waals surface area (Å²) in [5.41, 5.74) is 0.998. The first-order valence-electron chi connectivity index (χ1n) is 7.09. The predicted octanol–water partition coefficient (Wildman–Crippen LogP) is 2.67. The lowest BCUT2D eigenvalue weighted by atomic mass is 9.81. The summed E-state index contributed by atoms with van der Waals surface area (Å²) in [6, 6.07) is 3.66. The maximum absolute atomic E-state index is 12.8. The number of rotatable bonds is 1. The Kier molecular flexibility index (Phi) is 3.05. The van der Waals surface area contributed by atoms with Gasteiger partial charge >= 0.3 is 0 Å². The van der Waals surface area contributed by atoms with Crippen LogP contribution in [0.5, 0.6) is 0 Å². The number of anilines is 1. The summed E-state index contributed by atoms with van der Waals surface area (Å²) in [6.07, 6.45) is 2.60. The fraction of sp³-hybridized carbons (Fsp3) is 0.533. The van der Waals surface area contributed by atoms with Crippen molar-refractivity contribution in [3.63, 3.8) is 0 Å². The van der Waals surface area contributed by atoms with Gasteiger partial charge in [-0.15, -0.1) is 0 Å². The third kappa shape index (κ3) is 1.75. The number of fused-ring (bicyclic) bond motifs is 5. The minimum atomic E-state index is -0.178. The van der Waals surface area contributed by atoms with Gasteiger partial charge < -0.3 is 0 Å². The Bertz CT molecular complexity index is 618. The number of aryl methyl sites for hydroxylation is 1. The summed E-state index contributed by atoms with van der Waals surface area (Å²) in [5.74, 6) is 0.465. The molecule has 0 N–H and O–H groups in total. The number of nitrogens with zero attached hydrogens (tertiary/aromatic N) is 2. The van der Waals surface area contributed by atoms with Crippen molar-refractivity contribution in [1.82, 2.24) is 4.98 Å². The summed E-state index contributed by atoms with van der Waals surface area (Å²) >= 11 is 7.38. The molecular formula is C15H14Br2N2O2. The number of hydrogen-bond acceptors (Lipinski definition) is 3. The van der Waals surface area contributed by atoms with Crippen molar-refractivity contribution in [1.29, 1.82) is 0 Å². The molecule has 2 amide bonds. The van der Waals surface area contributed by atoms with Crippen LogP contribution >= 0.6 is 31.9 Å². The smallest absolute Gasteiger partial charge is 0.239 e. The number of halogens is 2. The van der Waals surface area contributed by atoms with Gasteiger partial charge in [0.25, 0.3) is 0 Å². The quantitative estimate of drug-likeness (QED) is 0.525. The van der Waals surface area contributed by atoms with Gasteiger partial charge in [0.05, 0.1) is 11.8 Å². The van der Waals surface area contributed by atoms with Crippen LogP contribution in [0.15, 0.2) is 18.3 Å². The van der Waals surface area contributed by atoms with Gasteiger partial charge in [-0.05, 0) is 42.9 Å². The number of imide groups is 1. The van der Waals surface area contributed by atoms with E-state index in [-0.39, 0.29) is 45.1 Å². The molecule has 6 heteroatoms. The molecule has 1 saturated heterocycles. The third-order valence-electron chi connectivity index (χ3n) is 5.12. The zero-order valence-electron chi connectivity index (χ0n) is 11.4. The van der Waals surface area contributed by atoms with E-state index in [1.165, 1.54) is 4.90 Å². The van der Waals surface area contributed by atoms with Crippen LogP contribution in [0.4, 0.5) is 5.82 Å². The van der Waals surface area contributed by atoms with E-state index in [4.69, 9.17) is 0 Å². The van der Waals surface area contributed by atoms with Gasteiger partial charge in [0, 0.05) is 15.9 Å². The van der Waals surface area contributed by atoms with E-state index in [0.717, 1.165) is 12.0 Å². The molecule has 0 radical (unpaired) electrons. The van der Waals surface area contributed by atoms with Crippen LogP contribution in [-0.2, 0) is 9.59 Å². The Hall–Kier alpha value is -0.750. The molecule has 3 aliphatic rings. The first kappa shape index (κ1) is 13.9. The Balaban J connectivity index is 1.75. The van der Waals surface area contributed by atoms with E-state index in [0.29, 0.717) is 5.82 Å². The molecule has 0 aromatic carbocycles.